The molecule has 2 heterocycles. The lowest BCUT2D eigenvalue weighted by atomic mass is 10.1. The molecule has 0 aliphatic carbocycles. The Labute approximate surface area is 148 Å². The average Bonchev–Trinajstić information content (AvgIpc) is 2.96. The molecule has 1 aliphatic heterocycles. The van der Waals surface area contributed by atoms with Crippen LogP contribution in [0.25, 0.3) is 0 Å². The van der Waals surface area contributed by atoms with Crippen molar-refractivity contribution < 1.29 is 9.59 Å². The van der Waals surface area contributed by atoms with Gasteiger partial charge in [0.1, 0.15) is 6.04 Å². The fraction of sp³-hybridized carbons (Fsp3) is 0.350. The first-order chi connectivity index (χ1) is 12.1. The number of hydrogen-bond donors (Lipinski definition) is 1. The van der Waals surface area contributed by atoms with Gasteiger partial charge in [-0.25, -0.2) is 0 Å². The molecular formula is C20H23N3O2. The van der Waals surface area contributed by atoms with Crippen LogP contribution in [0.15, 0.2) is 48.8 Å². The van der Waals surface area contributed by atoms with Gasteiger partial charge in [0.15, 0.2) is 0 Å². The minimum Gasteiger partial charge on any atom is -0.344 e. The maximum absolute atomic E-state index is 12.5. The van der Waals surface area contributed by atoms with Crippen LogP contribution in [-0.4, -0.2) is 34.3 Å². The number of likely N-dealkylation sites (tertiary alicyclic amines) is 1. The minimum atomic E-state index is -0.393. The van der Waals surface area contributed by atoms with E-state index >= 15 is 0 Å². The van der Waals surface area contributed by atoms with E-state index in [1.54, 1.807) is 12.4 Å². The van der Waals surface area contributed by atoms with Gasteiger partial charge in [-0.2, -0.15) is 0 Å². The molecule has 0 bridgehead atoms. The van der Waals surface area contributed by atoms with Crippen molar-refractivity contribution in [2.24, 2.45) is 0 Å². The van der Waals surface area contributed by atoms with Crippen molar-refractivity contribution in [1.82, 2.24) is 15.2 Å². The monoisotopic (exact) mass is 337 g/mol. The maximum atomic E-state index is 12.5. The van der Waals surface area contributed by atoms with Gasteiger partial charge < -0.3 is 10.2 Å². The molecule has 1 atom stereocenters. The van der Waals surface area contributed by atoms with E-state index in [4.69, 9.17) is 0 Å². The summed E-state index contributed by atoms with van der Waals surface area (Å²) in [4.78, 5) is 30.4. The van der Waals surface area contributed by atoms with Gasteiger partial charge in [0.25, 0.3) is 0 Å². The molecule has 0 spiro atoms. The summed E-state index contributed by atoms with van der Waals surface area (Å²) in [5.74, 6) is -0.0646. The van der Waals surface area contributed by atoms with Gasteiger partial charge in [0.05, 0.1) is 0 Å². The number of aromatic nitrogens is 1. The van der Waals surface area contributed by atoms with E-state index in [1.165, 1.54) is 5.56 Å². The molecule has 2 amide bonds. The van der Waals surface area contributed by atoms with Gasteiger partial charge in [0, 0.05) is 31.9 Å². The number of carbonyl (C=O) groups is 2. The first-order valence-corrected chi connectivity index (χ1v) is 8.64. The standard InChI is InChI=1S/C20H23N3O2/c1-15-2-4-17(5-3-15)14-23-13-10-18(20(23)25)22-19(24)7-6-16-8-11-21-12-9-16/h2-5,8-9,11-12,18H,6-7,10,13-14H2,1H3,(H,22,24). The van der Waals surface area contributed by atoms with Gasteiger partial charge in [-0.05, 0) is 43.0 Å². The lowest BCUT2D eigenvalue weighted by Gasteiger charge is -2.17. The number of aryl methyl sites for hydroxylation is 2. The lowest BCUT2D eigenvalue weighted by Crippen LogP contribution is -2.41. The zero-order valence-electron chi connectivity index (χ0n) is 14.4. The van der Waals surface area contributed by atoms with Crippen LogP contribution in [0.1, 0.15) is 29.5 Å². The Balaban J connectivity index is 1.48. The molecule has 1 aliphatic rings. The van der Waals surface area contributed by atoms with Gasteiger partial charge in [-0.1, -0.05) is 29.8 Å². The van der Waals surface area contributed by atoms with Gasteiger partial charge >= 0.3 is 0 Å². The van der Waals surface area contributed by atoms with Crippen molar-refractivity contribution in [2.75, 3.05) is 6.54 Å². The quantitative estimate of drug-likeness (QED) is 0.879. The number of nitrogens with zero attached hydrogens (tertiary/aromatic N) is 2. The summed E-state index contributed by atoms with van der Waals surface area (Å²) in [5, 5.41) is 2.88. The van der Waals surface area contributed by atoms with E-state index in [9.17, 15) is 9.59 Å². The van der Waals surface area contributed by atoms with Crippen LogP contribution in [0.4, 0.5) is 0 Å². The highest BCUT2D eigenvalue weighted by molar-refractivity contribution is 5.89. The number of hydrogen-bond acceptors (Lipinski definition) is 3. The number of pyridine rings is 1. The van der Waals surface area contributed by atoms with Gasteiger partial charge in [-0.3, -0.25) is 14.6 Å². The van der Waals surface area contributed by atoms with Crippen molar-refractivity contribution >= 4 is 11.8 Å². The molecule has 1 N–H and O–H groups in total. The molecule has 5 heteroatoms. The smallest absolute Gasteiger partial charge is 0.245 e. The Bertz CT molecular complexity index is 728. The maximum Gasteiger partial charge on any atom is 0.245 e. The first-order valence-electron chi connectivity index (χ1n) is 8.64. The normalized spacial score (nSPS) is 16.9. The van der Waals surface area contributed by atoms with Crippen LogP contribution in [0.5, 0.6) is 0 Å². The van der Waals surface area contributed by atoms with Crippen LogP contribution in [0.2, 0.25) is 0 Å². The van der Waals surface area contributed by atoms with E-state index in [0.29, 0.717) is 32.4 Å². The topological polar surface area (TPSA) is 62.3 Å². The van der Waals surface area contributed by atoms with Crippen LogP contribution in [0, 0.1) is 6.92 Å². The molecule has 2 aromatic rings. The third-order valence-electron chi connectivity index (χ3n) is 4.52. The second-order valence-corrected chi connectivity index (χ2v) is 6.51. The van der Waals surface area contributed by atoms with Crippen LogP contribution in [0.3, 0.4) is 0 Å². The summed E-state index contributed by atoms with van der Waals surface area (Å²) < 4.78 is 0. The summed E-state index contributed by atoms with van der Waals surface area (Å²) in [6, 6.07) is 11.6. The van der Waals surface area contributed by atoms with Crippen molar-refractivity contribution in [3.05, 3.63) is 65.5 Å². The molecule has 3 rings (SSSR count). The Morgan fingerprint density at radius 3 is 2.60 bits per heavy atom. The molecule has 1 aromatic heterocycles. The molecule has 0 radical (unpaired) electrons. The number of rotatable bonds is 6. The second kappa shape index (κ2) is 7.92. The Morgan fingerprint density at radius 1 is 1.16 bits per heavy atom. The van der Waals surface area contributed by atoms with Crippen LogP contribution < -0.4 is 5.32 Å². The summed E-state index contributed by atoms with van der Waals surface area (Å²) >= 11 is 0. The predicted octanol–water partition coefficient (Wildman–Crippen LogP) is 2.24. The highest BCUT2D eigenvalue weighted by Crippen LogP contribution is 2.16. The number of amides is 2. The highest BCUT2D eigenvalue weighted by atomic mass is 16.2. The average molecular weight is 337 g/mol. The Morgan fingerprint density at radius 2 is 1.88 bits per heavy atom. The first kappa shape index (κ1) is 17.1. The molecule has 130 valence electrons. The van der Waals surface area contributed by atoms with Crippen molar-refractivity contribution in [2.45, 2.75) is 38.8 Å². The van der Waals surface area contributed by atoms with Crippen molar-refractivity contribution in [1.29, 1.82) is 0 Å². The fourth-order valence-electron chi connectivity index (χ4n) is 3.02. The molecule has 5 nitrogen and oxygen atoms in total. The number of nitrogens with one attached hydrogen (secondary N) is 1. The minimum absolute atomic E-state index is 0.0119. The third kappa shape index (κ3) is 4.66. The molecule has 1 saturated heterocycles. The third-order valence-corrected chi connectivity index (χ3v) is 4.52. The highest BCUT2D eigenvalue weighted by Gasteiger charge is 2.32. The molecule has 1 aromatic carbocycles. The van der Waals surface area contributed by atoms with Crippen molar-refractivity contribution in [3.63, 3.8) is 0 Å². The summed E-state index contributed by atoms with van der Waals surface area (Å²) in [6.07, 6.45) is 5.15. The van der Waals surface area contributed by atoms with E-state index in [2.05, 4.69) is 10.3 Å². The molecule has 1 fully saturated rings. The van der Waals surface area contributed by atoms with E-state index in [1.807, 2.05) is 48.2 Å². The zero-order chi connectivity index (χ0) is 17.6. The largest absolute Gasteiger partial charge is 0.344 e. The molecule has 25 heavy (non-hydrogen) atoms. The van der Waals surface area contributed by atoms with E-state index in [-0.39, 0.29) is 11.8 Å². The van der Waals surface area contributed by atoms with Gasteiger partial charge in [-0.15, -0.1) is 0 Å². The summed E-state index contributed by atoms with van der Waals surface area (Å²) in [7, 11) is 0. The molecule has 1 unspecified atom stereocenters. The summed E-state index contributed by atoms with van der Waals surface area (Å²) in [5.41, 5.74) is 3.39. The lowest BCUT2D eigenvalue weighted by molar-refractivity contribution is -0.133. The molecule has 0 saturated carbocycles. The van der Waals surface area contributed by atoms with Crippen molar-refractivity contribution in [3.8, 4) is 0 Å². The Hall–Kier alpha value is -2.69. The van der Waals surface area contributed by atoms with Gasteiger partial charge in [0.2, 0.25) is 11.8 Å². The van der Waals surface area contributed by atoms with E-state index in [0.717, 1.165) is 11.1 Å². The summed E-state index contributed by atoms with van der Waals surface area (Å²) in [6.45, 7) is 3.33. The second-order valence-electron chi connectivity index (χ2n) is 6.51. The number of benzene rings is 1. The van der Waals surface area contributed by atoms with E-state index < -0.39 is 6.04 Å². The van der Waals surface area contributed by atoms with Crippen LogP contribution in [-0.2, 0) is 22.6 Å². The van der Waals surface area contributed by atoms with Crippen LogP contribution >= 0.6 is 0 Å². The SMILES string of the molecule is Cc1ccc(CN2CCC(NC(=O)CCc3ccncc3)C2=O)cc1. The fourth-order valence-corrected chi connectivity index (χ4v) is 3.02. The number of carbonyl (C=O) groups excluding carboxylic acids is 2. The predicted molar refractivity (Wildman–Crippen MR) is 95.7 cm³/mol. The molecular weight excluding hydrogens is 314 g/mol. The Kier molecular flexibility index (Phi) is 5.43. The zero-order valence-corrected chi connectivity index (χ0v) is 14.4.